The molecule has 1 N–H and O–H groups in total. The van der Waals surface area contributed by atoms with Gasteiger partial charge in [-0.25, -0.2) is 4.63 Å². The van der Waals surface area contributed by atoms with E-state index in [1.165, 1.54) is 0 Å². The highest BCUT2D eigenvalue weighted by Crippen LogP contribution is 2.26. The Morgan fingerprint density at radius 2 is 1.88 bits per heavy atom. The maximum atomic E-state index is 12.4. The maximum Gasteiger partial charge on any atom is 0.256 e. The first kappa shape index (κ1) is 16.9. The molecule has 0 aliphatic carbocycles. The molecule has 2 aromatic carbocycles. The summed E-state index contributed by atoms with van der Waals surface area (Å²) >= 11 is 3.37. The zero-order chi connectivity index (χ0) is 17.6. The SMILES string of the molecule is C=CCOc1ccc(C(=O)Nc2nonc2-c2ccc(Br)cc2)cc1. The highest BCUT2D eigenvalue weighted by molar-refractivity contribution is 9.10. The third kappa shape index (κ3) is 4.13. The largest absolute Gasteiger partial charge is 0.490 e. The first-order valence-electron chi connectivity index (χ1n) is 7.41. The summed E-state index contributed by atoms with van der Waals surface area (Å²) in [4.78, 5) is 12.4. The van der Waals surface area contributed by atoms with Crippen molar-refractivity contribution in [2.45, 2.75) is 0 Å². The number of hydrogen-bond acceptors (Lipinski definition) is 5. The molecule has 0 aliphatic rings. The first-order chi connectivity index (χ1) is 12.2. The Kier molecular flexibility index (Phi) is 5.25. The Balaban J connectivity index is 1.74. The third-order valence-corrected chi connectivity index (χ3v) is 3.85. The summed E-state index contributed by atoms with van der Waals surface area (Å²) in [5.41, 5.74) is 1.72. The summed E-state index contributed by atoms with van der Waals surface area (Å²) in [6, 6.07) is 14.2. The van der Waals surface area contributed by atoms with Crippen LogP contribution in [0.5, 0.6) is 5.75 Å². The van der Waals surface area contributed by atoms with E-state index >= 15 is 0 Å². The van der Waals surface area contributed by atoms with Gasteiger partial charge in [0.2, 0.25) is 5.82 Å². The normalized spacial score (nSPS) is 10.3. The zero-order valence-corrected chi connectivity index (χ0v) is 14.7. The number of halogens is 1. The molecule has 126 valence electrons. The lowest BCUT2D eigenvalue weighted by Gasteiger charge is -2.06. The van der Waals surface area contributed by atoms with E-state index in [-0.39, 0.29) is 11.7 Å². The molecule has 0 bridgehead atoms. The van der Waals surface area contributed by atoms with Crippen LogP contribution in [0.25, 0.3) is 11.3 Å². The number of hydrogen-bond donors (Lipinski definition) is 1. The predicted molar refractivity (Wildman–Crippen MR) is 97.5 cm³/mol. The van der Waals surface area contributed by atoms with Crippen LogP contribution in [0, 0.1) is 0 Å². The number of ether oxygens (including phenoxy) is 1. The molecule has 3 rings (SSSR count). The summed E-state index contributed by atoms with van der Waals surface area (Å²) in [6.07, 6.45) is 1.65. The van der Waals surface area contributed by atoms with Gasteiger partial charge in [0.15, 0.2) is 5.69 Å². The van der Waals surface area contributed by atoms with Crippen molar-refractivity contribution in [1.29, 1.82) is 0 Å². The summed E-state index contributed by atoms with van der Waals surface area (Å²) in [6.45, 7) is 4.00. The number of anilines is 1. The minimum Gasteiger partial charge on any atom is -0.490 e. The lowest BCUT2D eigenvalue weighted by atomic mass is 10.1. The van der Waals surface area contributed by atoms with Crippen molar-refractivity contribution in [2.75, 3.05) is 11.9 Å². The van der Waals surface area contributed by atoms with Crippen molar-refractivity contribution < 1.29 is 14.2 Å². The van der Waals surface area contributed by atoms with E-state index in [1.54, 1.807) is 30.3 Å². The smallest absolute Gasteiger partial charge is 0.256 e. The third-order valence-electron chi connectivity index (χ3n) is 3.32. The molecular formula is C18H14BrN3O3. The Morgan fingerprint density at radius 3 is 2.56 bits per heavy atom. The van der Waals surface area contributed by atoms with Crippen molar-refractivity contribution >= 4 is 27.7 Å². The molecule has 0 saturated heterocycles. The van der Waals surface area contributed by atoms with Crippen LogP contribution in [0.4, 0.5) is 5.82 Å². The Bertz CT molecular complexity index is 873. The van der Waals surface area contributed by atoms with Gasteiger partial charge in [0.05, 0.1) is 0 Å². The van der Waals surface area contributed by atoms with E-state index in [9.17, 15) is 4.79 Å². The highest BCUT2D eigenvalue weighted by Gasteiger charge is 2.16. The minimum atomic E-state index is -0.315. The fourth-order valence-electron chi connectivity index (χ4n) is 2.11. The molecule has 0 fully saturated rings. The van der Waals surface area contributed by atoms with Crippen LogP contribution in [0.15, 0.2) is 70.3 Å². The van der Waals surface area contributed by atoms with E-state index < -0.39 is 0 Å². The van der Waals surface area contributed by atoms with E-state index in [1.807, 2.05) is 24.3 Å². The molecule has 25 heavy (non-hydrogen) atoms. The van der Waals surface area contributed by atoms with Gasteiger partial charge in [-0.1, -0.05) is 40.7 Å². The van der Waals surface area contributed by atoms with Crippen molar-refractivity contribution in [3.63, 3.8) is 0 Å². The average molecular weight is 400 g/mol. The second-order valence-corrected chi connectivity index (χ2v) is 5.96. The highest BCUT2D eigenvalue weighted by atomic mass is 79.9. The van der Waals surface area contributed by atoms with Gasteiger partial charge in [-0.3, -0.25) is 4.79 Å². The Morgan fingerprint density at radius 1 is 1.16 bits per heavy atom. The summed E-state index contributed by atoms with van der Waals surface area (Å²) in [7, 11) is 0. The molecule has 0 aliphatic heterocycles. The van der Waals surface area contributed by atoms with Crippen LogP contribution in [-0.2, 0) is 0 Å². The monoisotopic (exact) mass is 399 g/mol. The van der Waals surface area contributed by atoms with Gasteiger partial charge in [0.1, 0.15) is 12.4 Å². The molecule has 1 heterocycles. The molecule has 0 saturated carbocycles. The maximum absolute atomic E-state index is 12.4. The molecule has 6 nitrogen and oxygen atoms in total. The number of benzene rings is 2. The van der Waals surface area contributed by atoms with Crippen LogP contribution in [0.3, 0.4) is 0 Å². The summed E-state index contributed by atoms with van der Waals surface area (Å²) < 4.78 is 11.1. The van der Waals surface area contributed by atoms with Crippen LogP contribution in [0.2, 0.25) is 0 Å². The van der Waals surface area contributed by atoms with Crippen molar-refractivity contribution in [3.8, 4) is 17.0 Å². The van der Waals surface area contributed by atoms with Gasteiger partial charge in [-0.2, -0.15) is 0 Å². The molecule has 1 aromatic heterocycles. The standard InChI is InChI=1S/C18H14BrN3O3/c1-2-11-24-15-9-5-13(6-10-15)18(23)20-17-16(21-25-22-17)12-3-7-14(19)8-4-12/h2-10H,1,11H2,(H,20,22,23). The van der Waals surface area contributed by atoms with Gasteiger partial charge < -0.3 is 10.1 Å². The number of aromatic nitrogens is 2. The fourth-order valence-corrected chi connectivity index (χ4v) is 2.37. The van der Waals surface area contributed by atoms with E-state index in [0.717, 1.165) is 10.0 Å². The minimum absolute atomic E-state index is 0.263. The van der Waals surface area contributed by atoms with E-state index in [4.69, 9.17) is 9.37 Å². The number of nitrogens with zero attached hydrogens (tertiary/aromatic N) is 2. The van der Waals surface area contributed by atoms with E-state index in [2.05, 4.69) is 38.1 Å². The van der Waals surface area contributed by atoms with Crippen LogP contribution in [0.1, 0.15) is 10.4 Å². The fraction of sp³-hybridized carbons (Fsp3) is 0.0556. The molecule has 7 heteroatoms. The quantitative estimate of drug-likeness (QED) is 0.624. The first-order valence-corrected chi connectivity index (χ1v) is 8.20. The molecule has 0 spiro atoms. The van der Waals surface area contributed by atoms with Crippen LogP contribution in [-0.4, -0.2) is 22.8 Å². The van der Waals surface area contributed by atoms with Gasteiger partial charge in [0, 0.05) is 15.6 Å². The summed E-state index contributed by atoms with van der Waals surface area (Å²) in [5.74, 6) is 0.610. The summed E-state index contributed by atoms with van der Waals surface area (Å²) in [5, 5.41) is 10.3. The van der Waals surface area contributed by atoms with Crippen LogP contribution >= 0.6 is 15.9 Å². The lowest BCUT2D eigenvalue weighted by molar-refractivity contribution is 0.102. The number of carbonyl (C=O) groups excluding carboxylic acids is 1. The topological polar surface area (TPSA) is 77.2 Å². The number of rotatable bonds is 6. The molecule has 0 unspecified atom stereocenters. The average Bonchev–Trinajstić information content (AvgIpc) is 3.09. The zero-order valence-electron chi connectivity index (χ0n) is 13.1. The van der Waals surface area contributed by atoms with Crippen molar-refractivity contribution in [2.24, 2.45) is 0 Å². The van der Waals surface area contributed by atoms with Crippen LogP contribution < -0.4 is 10.1 Å². The van der Waals surface area contributed by atoms with E-state index in [0.29, 0.717) is 23.6 Å². The second-order valence-electron chi connectivity index (χ2n) is 5.05. The Labute approximate surface area is 152 Å². The van der Waals surface area contributed by atoms with Gasteiger partial charge in [0.25, 0.3) is 5.91 Å². The second kappa shape index (κ2) is 7.76. The molecule has 0 radical (unpaired) electrons. The number of amides is 1. The predicted octanol–water partition coefficient (Wildman–Crippen LogP) is 4.32. The van der Waals surface area contributed by atoms with Crippen molar-refractivity contribution in [1.82, 2.24) is 10.3 Å². The lowest BCUT2D eigenvalue weighted by Crippen LogP contribution is -2.12. The molecule has 1 amide bonds. The molecule has 3 aromatic rings. The number of nitrogens with one attached hydrogen (secondary N) is 1. The Hall–Kier alpha value is -2.93. The van der Waals surface area contributed by atoms with Gasteiger partial charge in [-0.05, 0) is 46.7 Å². The van der Waals surface area contributed by atoms with Gasteiger partial charge in [-0.15, -0.1) is 0 Å². The van der Waals surface area contributed by atoms with Gasteiger partial charge >= 0.3 is 0 Å². The molecular weight excluding hydrogens is 386 g/mol. The van der Waals surface area contributed by atoms with Crippen molar-refractivity contribution in [3.05, 3.63) is 71.2 Å². The number of carbonyl (C=O) groups is 1. The molecule has 0 atom stereocenters.